The van der Waals surface area contributed by atoms with Crippen LogP contribution in [0.3, 0.4) is 0 Å². The van der Waals surface area contributed by atoms with Crippen molar-refractivity contribution in [2.24, 2.45) is 5.92 Å². The van der Waals surface area contributed by atoms with Gasteiger partial charge in [-0.15, -0.1) is 0 Å². The maximum Gasteiger partial charge on any atom is 0.294 e. The largest absolute Gasteiger partial charge is 0.503 e. The van der Waals surface area contributed by atoms with Crippen LogP contribution in [0.15, 0.2) is 53.8 Å². The summed E-state index contributed by atoms with van der Waals surface area (Å²) < 4.78 is 5.50. The number of anilines is 1. The molecule has 146 valence electrons. The van der Waals surface area contributed by atoms with Gasteiger partial charge in [0.15, 0.2) is 11.5 Å². The molecule has 1 N–H and O–H groups in total. The van der Waals surface area contributed by atoms with Crippen LogP contribution in [0.2, 0.25) is 0 Å². The molecule has 1 aliphatic rings. The minimum atomic E-state index is -0.751. The van der Waals surface area contributed by atoms with Crippen LogP contribution in [0.4, 0.5) is 5.69 Å². The van der Waals surface area contributed by atoms with E-state index in [0.29, 0.717) is 17.0 Å². The number of aliphatic hydroxyl groups excluding tert-OH is 1. The Morgan fingerprint density at radius 2 is 1.79 bits per heavy atom. The lowest BCUT2D eigenvalue weighted by molar-refractivity contribution is -0.119. The summed E-state index contributed by atoms with van der Waals surface area (Å²) in [5, 5.41) is 10.7. The summed E-state index contributed by atoms with van der Waals surface area (Å²) in [6.07, 6.45) is 0. The Morgan fingerprint density at radius 3 is 2.43 bits per heavy atom. The van der Waals surface area contributed by atoms with Gasteiger partial charge in [-0.3, -0.25) is 14.5 Å². The van der Waals surface area contributed by atoms with E-state index in [-0.39, 0.29) is 17.3 Å². The van der Waals surface area contributed by atoms with Gasteiger partial charge in [-0.25, -0.2) is 0 Å². The number of hydrogen-bond donors (Lipinski definition) is 1. The quantitative estimate of drug-likeness (QED) is 0.834. The predicted octanol–water partition coefficient (Wildman–Crippen LogP) is 4.44. The number of ether oxygens (including phenoxy) is 1. The lowest BCUT2D eigenvalue weighted by Gasteiger charge is -2.30. The zero-order valence-electron chi connectivity index (χ0n) is 16.8. The van der Waals surface area contributed by atoms with Crippen LogP contribution in [-0.4, -0.2) is 23.9 Å². The molecule has 0 saturated carbocycles. The Hall–Kier alpha value is -3.08. The third kappa shape index (κ3) is 3.07. The first-order valence-electron chi connectivity index (χ1n) is 9.29. The maximum atomic E-state index is 13.1. The topological polar surface area (TPSA) is 66.8 Å². The molecule has 1 aliphatic heterocycles. The van der Waals surface area contributed by atoms with Gasteiger partial charge in [-0.05, 0) is 37.1 Å². The molecule has 1 unspecified atom stereocenters. The number of hydrogen-bond acceptors (Lipinski definition) is 4. The fraction of sp³-hybridized carbons (Fsp3) is 0.304. The fourth-order valence-electron chi connectivity index (χ4n) is 3.60. The molecule has 1 atom stereocenters. The highest BCUT2D eigenvalue weighted by Gasteiger charge is 2.46. The highest BCUT2D eigenvalue weighted by molar-refractivity contribution is 6.17. The second kappa shape index (κ2) is 7.50. The Balaban J connectivity index is 2.29. The van der Waals surface area contributed by atoms with Crippen molar-refractivity contribution in [2.45, 2.75) is 33.7 Å². The Morgan fingerprint density at radius 1 is 1.11 bits per heavy atom. The molecule has 5 heteroatoms. The molecule has 28 heavy (non-hydrogen) atoms. The third-order valence-electron chi connectivity index (χ3n) is 5.27. The molecule has 5 nitrogen and oxygen atoms in total. The van der Waals surface area contributed by atoms with Crippen LogP contribution >= 0.6 is 0 Å². The van der Waals surface area contributed by atoms with Crippen LogP contribution in [0.25, 0.3) is 0 Å². The van der Waals surface area contributed by atoms with Crippen molar-refractivity contribution in [3.05, 3.63) is 70.5 Å². The van der Waals surface area contributed by atoms with E-state index in [2.05, 4.69) is 0 Å². The molecule has 2 aromatic rings. The van der Waals surface area contributed by atoms with E-state index >= 15 is 0 Å². The second-order valence-corrected chi connectivity index (χ2v) is 7.32. The Kier molecular flexibility index (Phi) is 5.27. The molecule has 3 rings (SSSR count). The van der Waals surface area contributed by atoms with Gasteiger partial charge in [-0.2, -0.15) is 0 Å². The van der Waals surface area contributed by atoms with E-state index in [9.17, 15) is 14.7 Å². The molecule has 1 amide bonds. The molecule has 0 fully saturated rings. The molecule has 0 bridgehead atoms. The van der Waals surface area contributed by atoms with E-state index in [4.69, 9.17) is 4.74 Å². The minimum absolute atomic E-state index is 0.116. The number of nitrogens with zero attached hydrogens (tertiary/aromatic N) is 1. The number of aryl methyl sites for hydroxylation is 1. The van der Waals surface area contributed by atoms with E-state index in [1.165, 1.54) is 4.90 Å². The normalized spacial score (nSPS) is 16.9. The number of para-hydroxylation sites is 1. The van der Waals surface area contributed by atoms with Crippen molar-refractivity contribution >= 4 is 17.4 Å². The van der Waals surface area contributed by atoms with Crippen molar-refractivity contribution < 1.29 is 19.4 Å². The monoisotopic (exact) mass is 379 g/mol. The molecule has 0 aliphatic carbocycles. The maximum absolute atomic E-state index is 13.1. The fourth-order valence-corrected chi connectivity index (χ4v) is 3.60. The summed E-state index contributed by atoms with van der Waals surface area (Å²) in [7, 11) is 1.55. The lowest BCUT2D eigenvalue weighted by atomic mass is 9.90. The van der Waals surface area contributed by atoms with Crippen molar-refractivity contribution in [3.8, 4) is 5.75 Å². The van der Waals surface area contributed by atoms with Crippen molar-refractivity contribution in [2.75, 3.05) is 12.0 Å². The average Bonchev–Trinajstić information content (AvgIpc) is 2.94. The van der Waals surface area contributed by atoms with Crippen LogP contribution in [0, 0.1) is 19.8 Å². The zero-order chi connectivity index (χ0) is 20.6. The third-order valence-corrected chi connectivity index (χ3v) is 5.27. The summed E-state index contributed by atoms with van der Waals surface area (Å²) in [5.74, 6) is -1.13. The van der Waals surface area contributed by atoms with Gasteiger partial charge >= 0.3 is 0 Å². The van der Waals surface area contributed by atoms with E-state index in [1.807, 2.05) is 50.2 Å². The predicted molar refractivity (Wildman–Crippen MR) is 109 cm³/mol. The number of rotatable bonds is 5. The van der Waals surface area contributed by atoms with Gasteiger partial charge in [0.2, 0.25) is 0 Å². The molecule has 1 heterocycles. The van der Waals surface area contributed by atoms with Gasteiger partial charge < -0.3 is 9.84 Å². The zero-order valence-corrected chi connectivity index (χ0v) is 16.8. The molecule has 0 saturated heterocycles. The van der Waals surface area contributed by atoms with Gasteiger partial charge in [-0.1, -0.05) is 44.2 Å². The summed E-state index contributed by atoms with van der Waals surface area (Å²) in [5.41, 5.74) is 3.38. The molecule has 0 aromatic heterocycles. The second-order valence-electron chi connectivity index (χ2n) is 7.32. The lowest BCUT2D eigenvalue weighted by Crippen LogP contribution is -2.32. The molecule has 2 aromatic carbocycles. The van der Waals surface area contributed by atoms with Gasteiger partial charge in [0.05, 0.1) is 18.7 Å². The van der Waals surface area contributed by atoms with E-state index < -0.39 is 17.7 Å². The van der Waals surface area contributed by atoms with E-state index in [0.717, 1.165) is 11.1 Å². The number of carbonyl (C=O) groups is 2. The summed E-state index contributed by atoms with van der Waals surface area (Å²) in [6, 6.07) is 12.2. The van der Waals surface area contributed by atoms with E-state index in [1.54, 1.807) is 27.0 Å². The smallest absolute Gasteiger partial charge is 0.294 e. The number of Topliss-reactive ketones (excluding diaryl/α,β-unsaturated/α-hetero) is 1. The minimum Gasteiger partial charge on any atom is -0.503 e. The standard InChI is InChI=1S/C23H25NO4/c1-13(2)21(25)19-20(16-10-6-7-12-18(16)28-5)24(23(27)22(19)26)17-11-8-9-14(3)15(17)4/h6-13,20,26H,1-5H3. The first kappa shape index (κ1) is 19.7. The van der Waals surface area contributed by atoms with Gasteiger partial charge in [0, 0.05) is 17.2 Å². The van der Waals surface area contributed by atoms with Gasteiger partial charge in [0.1, 0.15) is 5.75 Å². The number of amides is 1. The first-order chi connectivity index (χ1) is 13.3. The molecular weight excluding hydrogens is 354 g/mol. The van der Waals surface area contributed by atoms with Crippen LogP contribution in [0.5, 0.6) is 5.75 Å². The average molecular weight is 379 g/mol. The van der Waals surface area contributed by atoms with Crippen molar-refractivity contribution in [1.82, 2.24) is 0 Å². The Labute approximate surface area is 165 Å². The number of aliphatic hydroxyl groups is 1. The van der Waals surface area contributed by atoms with Crippen LogP contribution in [-0.2, 0) is 9.59 Å². The molecular formula is C23H25NO4. The Bertz CT molecular complexity index is 974. The van der Waals surface area contributed by atoms with Crippen molar-refractivity contribution in [1.29, 1.82) is 0 Å². The van der Waals surface area contributed by atoms with Crippen molar-refractivity contribution in [3.63, 3.8) is 0 Å². The number of methoxy groups -OCH3 is 1. The summed E-state index contributed by atoms with van der Waals surface area (Å²) in [6.45, 7) is 7.40. The molecule has 0 radical (unpaired) electrons. The highest BCUT2D eigenvalue weighted by atomic mass is 16.5. The highest BCUT2D eigenvalue weighted by Crippen LogP contribution is 2.45. The van der Waals surface area contributed by atoms with Crippen LogP contribution < -0.4 is 9.64 Å². The van der Waals surface area contributed by atoms with Gasteiger partial charge in [0.25, 0.3) is 5.91 Å². The summed E-state index contributed by atoms with van der Waals surface area (Å²) in [4.78, 5) is 27.6. The number of ketones is 1. The number of carbonyl (C=O) groups excluding carboxylic acids is 2. The first-order valence-corrected chi connectivity index (χ1v) is 9.29. The van der Waals surface area contributed by atoms with Crippen LogP contribution in [0.1, 0.15) is 36.6 Å². The molecule has 0 spiro atoms. The number of benzene rings is 2. The SMILES string of the molecule is COc1ccccc1C1C(C(=O)C(C)C)=C(O)C(=O)N1c1cccc(C)c1C. The summed E-state index contributed by atoms with van der Waals surface area (Å²) >= 11 is 0.